The average molecular weight is 576 g/mol. The fraction of sp³-hybridized carbons (Fsp3) is 0. The maximum absolute atomic E-state index is 6.85. The molecule has 0 N–H and O–H groups in total. The average Bonchev–Trinajstić information content (AvgIpc) is 3.76. The van der Waals surface area contributed by atoms with E-state index in [-0.39, 0.29) is 0 Å². The van der Waals surface area contributed by atoms with Crippen LogP contribution in [0.3, 0.4) is 0 Å². The van der Waals surface area contributed by atoms with Crippen molar-refractivity contribution in [2.45, 2.75) is 0 Å². The molecule has 3 heterocycles. The minimum Gasteiger partial charge on any atom is -0.456 e. The van der Waals surface area contributed by atoms with Gasteiger partial charge in [0.15, 0.2) is 5.58 Å². The highest BCUT2D eigenvalue weighted by molar-refractivity contribution is 6.19. The molecular formula is C42H25NO2. The Morgan fingerprint density at radius 1 is 0.400 bits per heavy atom. The number of benzene rings is 7. The van der Waals surface area contributed by atoms with Gasteiger partial charge in [0.1, 0.15) is 22.3 Å². The van der Waals surface area contributed by atoms with Crippen molar-refractivity contribution in [3.8, 4) is 27.9 Å². The van der Waals surface area contributed by atoms with Gasteiger partial charge in [0, 0.05) is 32.8 Å². The standard InChI is InChI=1S/C42H25NO2/c1-2-13-29(14-3-1)43-37-20-9-8-17-34(37)42-40(43)35-19-10-18-33(41(35)45-42)31-16-7-6-15-30(31)28-21-22-32-36-23-26-11-4-5-12-27(26)24-39(36)44-38(32)25-28/h1-25H. The smallest absolute Gasteiger partial charge is 0.161 e. The van der Waals surface area contributed by atoms with Crippen molar-refractivity contribution in [1.29, 1.82) is 0 Å². The molecule has 0 fully saturated rings. The predicted molar refractivity (Wildman–Crippen MR) is 186 cm³/mol. The molecule has 0 aliphatic rings. The van der Waals surface area contributed by atoms with E-state index in [2.05, 4.69) is 156 Å². The maximum Gasteiger partial charge on any atom is 0.161 e. The van der Waals surface area contributed by atoms with E-state index in [1.165, 1.54) is 10.8 Å². The Bertz CT molecular complexity index is 2760. The number of para-hydroxylation sites is 3. The SMILES string of the molecule is c1ccc(-n2c3ccccc3c3oc4c(-c5ccccc5-c5ccc6c(c5)oc5cc7ccccc7cc56)cccc4c32)cc1. The van der Waals surface area contributed by atoms with Crippen molar-refractivity contribution in [3.63, 3.8) is 0 Å². The van der Waals surface area contributed by atoms with Crippen LogP contribution in [-0.2, 0) is 0 Å². The van der Waals surface area contributed by atoms with Gasteiger partial charge in [-0.05, 0) is 82.1 Å². The highest BCUT2D eigenvalue weighted by Gasteiger charge is 2.22. The molecule has 0 saturated heterocycles. The Hall–Kier alpha value is -6.06. The number of hydrogen-bond donors (Lipinski definition) is 0. The molecule has 3 aromatic heterocycles. The summed E-state index contributed by atoms with van der Waals surface area (Å²) in [4.78, 5) is 0. The molecule has 45 heavy (non-hydrogen) atoms. The van der Waals surface area contributed by atoms with E-state index in [0.717, 1.165) is 82.9 Å². The van der Waals surface area contributed by atoms with Crippen molar-refractivity contribution in [3.05, 3.63) is 152 Å². The lowest BCUT2D eigenvalue weighted by molar-refractivity contribution is 0.669. The van der Waals surface area contributed by atoms with Gasteiger partial charge in [0.2, 0.25) is 0 Å². The van der Waals surface area contributed by atoms with Gasteiger partial charge >= 0.3 is 0 Å². The lowest BCUT2D eigenvalue weighted by atomic mass is 9.93. The number of nitrogens with zero attached hydrogens (tertiary/aromatic N) is 1. The summed E-state index contributed by atoms with van der Waals surface area (Å²) in [7, 11) is 0. The molecule has 0 saturated carbocycles. The molecule has 0 aliphatic carbocycles. The molecule has 210 valence electrons. The summed E-state index contributed by atoms with van der Waals surface area (Å²) < 4.78 is 15.6. The van der Waals surface area contributed by atoms with Gasteiger partial charge in [-0.3, -0.25) is 0 Å². The van der Waals surface area contributed by atoms with Crippen LogP contribution in [0.5, 0.6) is 0 Å². The third kappa shape index (κ3) is 3.52. The van der Waals surface area contributed by atoms with Crippen molar-refractivity contribution >= 4 is 65.7 Å². The first-order valence-corrected chi connectivity index (χ1v) is 15.3. The van der Waals surface area contributed by atoms with Crippen LogP contribution in [-0.4, -0.2) is 4.57 Å². The van der Waals surface area contributed by atoms with Gasteiger partial charge in [0.25, 0.3) is 0 Å². The zero-order valence-corrected chi connectivity index (χ0v) is 24.2. The lowest BCUT2D eigenvalue weighted by Crippen LogP contribution is -1.93. The molecule has 0 amide bonds. The zero-order chi connectivity index (χ0) is 29.5. The van der Waals surface area contributed by atoms with Crippen molar-refractivity contribution in [1.82, 2.24) is 4.57 Å². The Labute approximate surface area is 258 Å². The third-order valence-corrected chi connectivity index (χ3v) is 9.18. The van der Waals surface area contributed by atoms with E-state index in [9.17, 15) is 0 Å². The first kappa shape index (κ1) is 24.4. The first-order chi connectivity index (χ1) is 22.3. The molecule has 0 unspecified atom stereocenters. The van der Waals surface area contributed by atoms with Gasteiger partial charge < -0.3 is 13.4 Å². The molecule has 7 aromatic carbocycles. The molecule has 0 radical (unpaired) electrons. The quantitative estimate of drug-likeness (QED) is 0.210. The molecule has 0 bridgehead atoms. The lowest BCUT2D eigenvalue weighted by Gasteiger charge is -2.11. The van der Waals surface area contributed by atoms with Crippen LogP contribution in [0.25, 0.3) is 93.6 Å². The number of rotatable bonds is 3. The predicted octanol–water partition coefficient (Wildman–Crippen LogP) is 11.9. The number of fused-ring (bicyclic) bond motifs is 9. The summed E-state index contributed by atoms with van der Waals surface area (Å²) in [5.41, 5.74) is 11.4. The van der Waals surface area contributed by atoms with E-state index in [0.29, 0.717) is 0 Å². The molecule has 0 atom stereocenters. The van der Waals surface area contributed by atoms with E-state index in [1.807, 2.05) is 0 Å². The second-order valence-electron chi connectivity index (χ2n) is 11.7. The Balaban J connectivity index is 1.20. The van der Waals surface area contributed by atoms with Crippen molar-refractivity contribution in [2.24, 2.45) is 0 Å². The van der Waals surface area contributed by atoms with Crippen LogP contribution in [0, 0.1) is 0 Å². The maximum atomic E-state index is 6.85. The van der Waals surface area contributed by atoms with Crippen LogP contribution in [0.1, 0.15) is 0 Å². The third-order valence-electron chi connectivity index (χ3n) is 9.18. The normalized spacial score (nSPS) is 12.0. The monoisotopic (exact) mass is 575 g/mol. The highest BCUT2D eigenvalue weighted by Crippen LogP contribution is 2.44. The Morgan fingerprint density at radius 3 is 1.98 bits per heavy atom. The van der Waals surface area contributed by atoms with Gasteiger partial charge in [0.05, 0.1) is 5.52 Å². The molecule has 3 heteroatoms. The molecular weight excluding hydrogens is 550 g/mol. The van der Waals surface area contributed by atoms with Gasteiger partial charge in [-0.15, -0.1) is 0 Å². The molecule has 0 aliphatic heterocycles. The minimum absolute atomic E-state index is 0.887. The summed E-state index contributed by atoms with van der Waals surface area (Å²) in [6.07, 6.45) is 0. The van der Waals surface area contributed by atoms with Crippen molar-refractivity contribution in [2.75, 3.05) is 0 Å². The van der Waals surface area contributed by atoms with Gasteiger partial charge in [-0.1, -0.05) is 97.1 Å². The van der Waals surface area contributed by atoms with Crippen LogP contribution in [0.4, 0.5) is 0 Å². The zero-order valence-electron chi connectivity index (χ0n) is 24.2. The fourth-order valence-corrected chi connectivity index (χ4v) is 7.15. The van der Waals surface area contributed by atoms with Crippen LogP contribution in [0.2, 0.25) is 0 Å². The Kier molecular flexibility index (Phi) is 5.00. The fourth-order valence-electron chi connectivity index (χ4n) is 7.15. The first-order valence-electron chi connectivity index (χ1n) is 15.3. The van der Waals surface area contributed by atoms with Crippen LogP contribution in [0.15, 0.2) is 160 Å². The summed E-state index contributed by atoms with van der Waals surface area (Å²) in [5, 5.41) is 6.87. The molecule has 10 rings (SSSR count). The van der Waals surface area contributed by atoms with Gasteiger partial charge in [-0.25, -0.2) is 0 Å². The largest absolute Gasteiger partial charge is 0.456 e. The summed E-state index contributed by atoms with van der Waals surface area (Å²) in [5.74, 6) is 0. The summed E-state index contributed by atoms with van der Waals surface area (Å²) in [6, 6.07) is 53.5. The number of aromatic nitrogens is 1. The summed E-state index contributed by atoms with van der Waals surface area (Å²) in [6.45, 7) is 0. The summed E-state index contributed by atoms with van der Waals surface area (Å²) >= 11 is 0. The van der Waals surface area contributed by atoms with Crippen molar-refractivity contribution < 1.29 is 8.83 Å². The van der Waals surface area contributed by atoms with E-state index in [4.69, 9.17) is 8.83 Å². The van der Waals surface area contributed by atoms with Crippen LogP contribution < -0.4 is 0 Å². The number of hydrogen-bond acceptors (Lipinski definition) is 2. The highest BCUT2D eigenvalue weighted by atomic mass is 16.3. The molecule has 3 nitrogen and oxygen atoms in total. The minimum atomic E-state index is 0.887. The number of furan rings is 2. The van der Waals surface area contributed by atoms with E-state index < -0.39 is 0 Å². The second-order valence-corrected chi connectivity index (χ2v) is 11.7. The van der Waals surface area contributed by atoms with E-state index >= 15 is 0 Å². The topological polar surface area (TPSA) is 31.2 Å². The second kappa shape index (κ2) is 9.22. The molecule has 10 aromatic rings. The molecule has 0 spiro atoms. The Morgan fingerprint density at radius 2 is 1.09 bits per heavy atom. The van der Waals surface area contributed by atoms with Crippen LogP contribution >= 0.6 is 0 Å². The van der Waals surface area contributed by atoms with Gasteiger partial charge in [-0.2, -0.15) is 0 Å². The van der Waals surface area contributed by atoms with E-state index in [1.54, 1.807) is 0 Å².